The molecular formula is C15H19ClN2O. The second kappa shape index (κ2) is 6.73. The van der Waals surface area contributed by atoms with Crippen LogP contribution in [0.25, 0.3) is 11.3 Å². The van der Waals surface area contributed by atoms with Gasteiger partial charge in [0.1, 0.15) is 0 Å². The molecule has 0 amide bonds. The maximum atomic E-state index is 6.13. The Hall–Kier alpha value is -1.32. The largest absolute Gasteiger partial charge is 0.441 e. The molecule has 3 nitrogen and oxygen atoms in total. The van der Waals surface area contributed by atoms with Crippen LogP contribution in [0, 0.1) is 0 Å². The highest BCUT2D eigenvalue weighted by atomic mass is 35.5. The van der Waals surface area contributed by atoms with Gasteiger partial charge in [0.2, 0.25) is 0 Å². The van der Waals surface area contributed by atoms with Crippen molar-refractivity contribution in [2.45, 2.75) is 32.7 Å². The summed E-state index contributed by atoms with van der Waals surface area (Å²) in [4.78, 5) is 4.30. The third kappa shape index (κ3) is 4.08. The number of benzene rings is 1. The van der Waals surface area contributed by atoms with Crippen LogP contribution in [0.4, 0.5) is 0 Å². The molecule has 1 aromatic carbocycles. The number of oxazole rings is 1. The van der Waals surface area contributed by atoms with Gasteiger partial charge in [-0.3, -0.25) is 0 Å². The van der Waals surface area contributed by atoms with Gasteiger partial charge in [0.25, 0.3) is 0 Å². The van der Waals surface area contributed by atoms with Crippen molar-refractivity contribution in [2.75, 3.05) is 6.54 Å². The van der Waals surface area contributed by atoms with Crippen LogP contribution >= 0.6 is 11.6 Å². The third-order valence-corrected chi connectivity index (χ3v) is 3.14. The molecule has 0 fully saturated rings. The molecule has 1 heterocycles. The van der Waals surface area contributed by atoms with Crippen LogP contribution in [0.5, 0.6) is 0 Å². The summed E-state index contributed by atoms with van der Waals surface area (Å²) >= 11 is 6.13. The Morgan fingerprint density at radius 1 is 1.32 bits per heavy atom. The summed E-state index contributed by atoms with van der Waals surface area (Å²) in [5, 5.41) is 4.06. The number of halogens is 1. The first kappa shape index (κ1) is 14.1. The van der Waals surface area contributed by atoms with Crippen LogP contribution in [0.1, 0.15) is 26.2 Å². The lowest BCUT2D eigenvalue weighted by atomic mass is 10.2. The highest BCUT2D eigenvalue weighted by Crippen LogP contribution is 2.28. The lowest BCUT2D eigenvalue weighted by molar-refractivity contribution is 0.484. The van der Waals surface area contributed by atoms with Crippen molar-refractivity contribution in [1.82, 2.24) is 10.3 Å². The smallest absolute Gasteiger partial charge is 0.194 e. The molecule has 0 aliphatic rings. The lowest BCUT2D eigenvalue weighted by Crippen LogP contribution is -2.23. The SMILES string of the molecule is CC(C)NCCCc1ncc(-c2ccccc2Cl)o1. The van der Waals surface area contributed by atoms with E-state index in [9.17, 15) is 0 Å². The average molecular weight is 279 g/mol. The van der Waals surface area contributed by atoms with Crippen LogP contribution in [-0.2, 0) is 6.42 Å². The first-order valence-electron chi connectivity index (χ1n) is 6.60. The number of hydrogen-bond acceptors (Lipinski definition) is 3. The molecule has 2 rings (SSSR count). The zero-order chi connectivity index (χ0) is 13.7. The van der Waals surface area contributed by atoms with Gasteiger partial charge in [-0.15, -0.1) is 0 Å². The van der Waals surface area contributed by atoms with E-state index in [1.807, 2.05) is 24.3 Å². The van der Waals surface area contributed by atoms with Crippen molar-refractivity contribution in [3.8, 4) is 11.3 Å². The fraction of sp³-hybridized carbons (Fsp3) is 0.400. The normalized spacial score (nSPS) is 11.2. The molecule has 0 aliphatic carbocycles. The third-order valence-electron chi connectivity index (χ3n) is 2.81. The van der Waals surface area contributed by atoms with E-state index in [0.717, 1.165) is 36.6 Å². The van der Waals surface area contributed by atoms with E-state index < -0.39 is 0 Å². The summed E-state index contributed by atoms with van der Waals surface area (Å²) in [5.41, 5.74) is 0.892. The van der Waals surface area contributed by atoms with Crippen molar-refractivity contribution in [3.05, 3.63) is 41.4 Å². The van der Waals surface area contributed by atoms with Crippen LogP contribution < -0.4 is 5.32 Å². The Labute approximate surface area is 119 Å². The Balaban J connectivity index is 1.94. The predicted octanol–water partition coefficient (Wildman–Crippen LogP) is 3.93. The Morgan fingerprint density at radius 3 is 2.84 bits per heavy atom. The molecule has 1 aromatic heterocycles. The van der Waals surface area contributed by atoms with Gasteiger partial charge in [-0.25, -0.2) is 4.98 Å². The van der Waals surface area contributed by atoms with Gasteiger partial charge in [-0.2, -0.15) is 0 Å². The molecule has 0 unspecified atom stereocenters. The lowest BCUT2D eigenvalue weighted by Gasteiger charge is -2.05. The molecule has 0 bridgehead atoms. The maximum Gasteiger partial charge on any atom is 0.194 e. The quantitative estimate of drug-likeness (QED) is 0.814. The van der Waals surface area contributed by atoms with Gasteiger partial charge in [-0.1, -0.05) is 37.6 Å². The second-order valence-electron chi connectivity index (χ2n) is 4.81. The highest BCUT2D eigenvalue weighted by molar-refractivity contribution is 6.33. The summed E-state index contributed by atoms with van der Waals surface area (Å²) in [6, 6.07) is 8.15. The number of nitrogens with zero attached hydrogens (tertiary/aromatic N) is 1. The topological polar surface area (TPSA) is 38.1 Å². The fourth-order valence-electron chi connectivity index (χ4n) is 1.84. The molecule has 0 saturated carbocycles. The number of rotatable bonds is 6. The molecule has 1 N–H and O–H groups in total. The molecule has 0 atom stereocenters. The number of aryl methyl sites for hydroxylation is 1. The summed E-state index contributed by atoms with van der Waals surface area (Å²) in [7, 11) is 0. The Morgan fingerprint density at radius 2 is 2.11 bits per heavy atom. The van der Waals surface area contributed by atoms with Crippen LogP contribution in [0.2, 0.25) is 5.02 Å². The van der Waals surface area contributed by atoms with Crippen molar-refractivity contribution < 1.29 is 4.42 Å². The van der Waals surface area contributed by atoms with Crippen LogP contribution in [0.15, 0.2) is 34.9 Å². The van der Waals surface area contributed by atoms with Gasteiger partial charge in [-0.05, 0) is 25.1 Å². The van der Waals surface area contributed by atoms with E-state index in [1.165, 1.54) is 0 Å². The van der Waals surface area contributed by atoms with Crippen LogP contribution in [-0.4, -0.2) is 17.6 Å². The van der Waals surface area contributed by atoms with Gasteiger partial charge in [0.05, 0.1) is 11.2 Å². The van der Waals surface area contributed by atoms with Gasteiger partial charge in [0.15, 0.2) is 11.7 Å². The van der Waals surface area contributed by atoms with E-state index in [1.54, 1.807) is 6.20 Å². The van der Waals surface area contributed by atoms with Crippen molar-refractivity contribution >= 4 is 11.6 Å². The summed E-state index contributed by atoms with van der Waals surface area (Å²) < 4.78 is 5.73. The molecule has 19 heavy (non-hydrogen) atoms. The molecule has 0 spiro atoms. The molecule has 4 heteroatoms. The summed E-state index contributed by atoms with van der Waals surface area (Å²) in [6.45, 7) is 5.25. The standard InChI is InChI=1S/C15H19ClN2O/c1-11(2)17-9-5-8-15-18-10-14(19-15)12-6-3-4-7-13(12)16/h3-4,6-7,10-11,17H,5,8-9H2,1-2H3. The minimum absolute atomic E-state index is 0.517. The van der Waals surface area contributed by atoms with Gasteiger partial charge in [0, 0.05) is 18.0 Å². The van der Waals surface area contributed by atoms with Crippen LogP contribution in [0.3, 0.4) is 0 Å². The number of hydrogen-bond donors (Lipinski definition) is 1. The van der Waals surface area contributed by atoms with E-state index in [2.05, 4.69) is 24.1 Å². The van der Waals surface area contributed by atoms with Crippen molar-refractivity contribution in [2.24, 2.45) is 0 Å². The zero-order valence-corrected chi connectivity index (χ0v) is 12.1. The maximum absolute atomic E-state index is 6.13. The Bertz CT molecular complexity index is 522. The summed E-state index contributed by atoms with van der Waals surface area (Å²) in [6.07, 6.45) is 3.59. The molecule has 0 radical (unpaired) electrons. The Kier molecular flexibility index (Phi) is 5.00. The second-order valence-corrected chi connectivity index (χ2v) is 5.22. The average Bonchev–Trinajstić information content (AvgIpc) is 2.83. The molecule has 2 aromatic rings. The molecule has 102 valence electrons. The fourth-order valence-corrected chi connectivity index (χ4v) is 2.07. The first-order chi connectivity index (χ1) is 9.16. The van der Waals surface area contributed by atoms with E-state index in [-0.39, 0.29) is 0 Å². The first-order valence-corrected chi connectivity index (χ1v) is 6.97. The number of nitrogens with one attached hydrogen (secondary N) is 1. The molecule has 0 aliphatic heterocycles. The van der Waals surface area contributed by atoms with Crippen molar-refractivity contribution in [3.63, 3.8) is 0 Å². The summed E-state index contributed by atoms with van der Waals surface area (Å²) in [5.74, 6) is 1.50. The highest BCUT2D eigenvalue weighted by Gasteiger charge is 2.09. The molecule has 0 saturated heterocycles. The minimum Gasteiger partial charge on any atom is -0.441 e. The monoisotopic (exact) mass is 278 g/mol. The predicted molar refractivity (Wildman–Crippen MR) is 78.4 cm³/mol. The zero-order valence-electron chi connectivity index (χ0n) is 11.3. The minimum atomic E-state index is 0.517. The van der Waals surface area contributed by atoms with Gasteiger partial charge >= 0.3 is 0 Å². The van der Waals surface area contributed by atoms with E-state index in [4.69, 9.17) is 16.0 Å². The molecular weight excluding hydrogens is 260 g/mol. The van der Waals surface area contributed by atoms with Gasteiger partial charge < -0.3 is 9.73 Å². The van der Waals surface area contributed by atoms with E-state index in [0.29, 0.717) is 11.1 Å². The van der Waals surface area contributed by atoms with E-state index >= 15 is 0 Å². The number of aromatic nitrogens is 1. The van der Waals surface area contributed by atoms with Crippen molar-refractivity contribution in [1.29, 1.82) is 0 Å².